The molecule has 2 aromatic carbocycles. The minimum atomic E-state index is -0.234. The molecule has 2 unspecified atom stereocenters. The Morgan fingerprint density at radius 2 is 1.67 bits per heavy atom. The zero-order valence-corrected chi connectivity index (χ0v) is 20.8. The van der Waals surface area contributed by atoms with Gasteiger partial charge in [-0.25, -0.2) is 0 Å². The normalized spacial score (nSPS) is 18.3. The van der Waals surface area contributed by atoms with Gasteiger partial charge in [0, 0.05) is 20.3 Å². The molecule has 2 aromatic rings. The minimum Gasteiger partial charge on any atom is -0.349 e. The zero-order chi connectivity index (χ0) is 21.9. The lowest BCUT2D eigenvalue weighted by molar-refractivity contribution is -0.128. The smallest absolute Gasteiger partial charge is 0.224 e. The van der Waals surface area contributed by atoms with Crippen LogP contribution in [-0.4, -0.2) is 30.9 Å². The van der Waals surface area contributed by atoms with E-state index in [1.54, 1.807) is 0 Å². The maximum atomic E-state index is 13.4. The van der Waals surface area contributed by atoms with E-state index in [4.69, 9.17) is 5.26 Å². The number of nitrogens with one attached hydrogen (secondary N) is 1. The largest absolute Gasteiger partial charge is 0.349 e. The summed E-state index contributed by atoms with van der Waals surface area (Å²) >= 11 is 7.05. The summed E-state index contributed by atoms with van der Waals surface area (Å²) < 4.78 is 1.95. The Kier molecular flexibility index (Phi) is 7.38. The van der Waals surface area contributed by atoms with Crippen LogP contribution in [0.2, 0.25) is 0 Å². The number of hydrogen-bond donors (Lipinski definition) is 1. The van der Waals surface area contributed by atoms with Gasteiger partial charge in [0.25, 0.3) is 0 Å². The lowest BCUT2D eigenvalue weighted by Crippen LogP contribution is -2.50. The van der Waals surface area contributed by atoms with Crippen molar-refractivity contribution in [2.24, 2.45) is 5.92 Å². The molecule has 3 rings (SSSR count). The van der Waals surface area contributed by atoms with Crippen LogP contribution in [0.25, 0.3) is 0 Å². The lowest BCUT2D eigenvalue weighted by Gasteiger charge is -2.45. The molecule has 1 N–H and O–H groups in total. The molecule has 1 heterocycles. The summed E-state index contributed by atoms with van der Waals surface area (Å²) in [5, 5.41) is 12.4. The number of likely N-dealkylation sites (tertiary alicyclic amines) is 1. The van der Waals surface area contributed by atoms with Gasteiger partial charge >= 0.3 is 0 Å². The molecule has 1 aliphatic rings. The quantitative estimate of drug-likeness (QED) is 0.548. The summed E-state index contributed by atoms with van der Waals surface area (Å²) in [6.45, 7) is 5.96. The second-order valence-corrected chi connectivity index (χ2v) is 10.1. The molecule has 0 spiro atoms. The third-order valence-corrected chi connectivity index (χ3v) is 7.35. The summed E-state index contributed by atoms with van der Waals surface area (Å²) in [6, 6.07) is 15.9. The van der Waals surface area contributed by atoms with Crippen molar-refractivity contribution in [2.45, 2.75) is 38.1 Å². The van der Waals surface area contributed by atoms with Crippen molar-refractivity contribution in [1.82, 2.24) is 10.2 Å². The number of amides is 1. The van der Waals surface area contributed by atoms with E-state index < -0.39 is 0 Å². The van der Waals surface area contributed by atoms with E-state index >= 15 is 0 Å². The molecule has 1 saturated heterocycles. The molecule has 158 valence electrons. The number of halogens is 2. The van der Waals surface area contributed by atoms with Gasteiger partial charge in [0.2, 0.25) is 5.91 Å². The van der Waals surface area contributed by atoms with E-state index in [0.29, 0.717) is 5.56 Å². The number of carbonyl (C=O) groups excluding carboxylic acids is 1. The van der Waals surface area contributed by atoms with E-state index in [1.165, 1.54) is 0 Å². The third kappa shape index (κ3) is 4.96. The standard InChI is InChI=1S/C24H27Br2N3O/c1-16(23(30)28-17(2)19-12-21(25)14-22(26)13-19)24(8-10-29(3)11-9-24)20-6-4-18(15-27)5-7-20/h4-7,12-14,16-17H,8-11H2,1-3H3,(H,28,30). The predicted octanol–water partition coefficient (Wildman–Crippen LogP) is 5.56. The molecular weight excluding hydrogens is 506 g/mol. The second-order valence-electron chi connectivity index (χ2n) is 8.30. The first-order chi connectivity index (χ1) is 14.2. The van der Waals surface area contributed by atoms with E-state index in [0.717, 1.165) is 46.0 Å². The molecule has 1 aliphatic heterocycles. The first-order valence-corrected chi connectivity index (χ1v) is 11.8. The van der Waals surface area contributed by atoms with Crippen molar-refractivity contribution >= 4 is 37.8 Å². The molecule has 0 aliphatic carbocycles. The highest BCUT2D eigenvalue weighted by Gasteiger charge is 2.43. The highest BCUT2D eigenvalue weighted by Crippen LogP contribution is 2.42. The minimum absolute atomic E-state index is 0.0625. The molecule has 30 heavy (non-hydrogen) atoms. The average molecular weight is 533 g/mol. The van der Waals surface area contributed by atoms with Gasteiger partial charge in [0.1, 0.15) is 0 Å². The maximum absolute atomic E-state index is 13.4. The van der Waals surface area contributed by atoms with Crippen LogP contribution < -0.4 is 5.32 Å². The monoisotopic (exact) mass is 531 g/mol. The van der Waals surface area contributed by atoms with E-state index in [2.05, 4.69) is 55.2 Å². The Bertz CT molecular complexity index is 924. The molecule has 0 saturated carbocycles. The number of hydrogen-bond acceptors (Lipinski definition) is 3. The Morgan fingerprint density at radius 1 is 1.10 bits per heavy atom. The van der Waals surface area contributed by atoms with Gasteiger partial charge in [-0.15, -0.1) is 0 Å². The molecule has 1 amide bonds. The fraction of sp³-hybridized carbons (Fsp3) is 0.417. The van der Waals surface area contributed by atoms with Gasteiger partial charge in [0.15, 0.2) is 0 Å². The van der Waals surface area contributed by atoms with E-state index in [9.17, 15) is 4.79 Å². The van der Waals surface area contributed by atoms with Crippen molar-refractivity contribution in [1.29, 1.82) is 5.26 Å². The highest BCUT2D eigenvalue weighted by atomic mass is 79.9. The summed E-state index contributed by atoms with van der Waals surface area (Å²) in [4.78, 5) is 15.7. The zero-order valence-electron chi connectivity index (χ0n) is 17.6. The molecular formula is C24H27Br2N3O. The van der Waals surface area contributed by atoms with Crippen molar-refractivity contribution in [3.05, 3.63) is 68.1 Å². The lowest BCUT2D eigenvalue weighted by atomic mass is 9.64. The van der Waals surface area contributed by atoms with Gasteiger partial charge in [-0.1, -0.05) is 50.9 Å². The second kappa shape index (κ2) is 9.64. The summed E-state index contributed by atoms with van der Waals surface area (Å²) in [5.74, 6) is -0.121. The number of nitrogens with zero attached hydrogens (tertiary/aromatic N) is 2. The molecule has 2 atom stereocenters. The highest BCUT2D eigenvalue weighted by molar-refractivity contribution is 9.11. The molecule has 0 radical (unpaired) electrons. The van der Waals surface area contributed by atoms with Gasteiger partial charge in [0.05, 0.1) is 17.7 Å². The van der Waals surface area contributed by atoms with E-state index in [1.807, 2.05) is 56.3 Å². The van der Waals surface area contributed by atoms with Crippen LogP contribution in [0.3, 0.4) is 0 Å². The maximum Gasteiger partial charge on any atom is 0.224 e. The first kappa shape index (κ1) is 23.0. The van der Waals surface area contributed by atoms with Crippen molar-refractivity contribution in [2.75, 3.05) is 20.1 Å². The Balaban J connectivity index is 1.85. The van der Waals surface area contributed by atoms with Crippen LogP contribution >= 0.6 is 31.9 Å². The number of nitriles is 1. The Morgan fingerprint density at radius 3 is 2.20 bits per heavy atom. The summed E-state index contributed by atoms with van der Waals surface area (Å²) in [6.07, 6.45) is 1.83. The van der Waals surface area contributed by atoms with Gasteiger partial charge < -0.3 is 10.2 Å². The van der Waals surface area contributed by atoms with Crippen LogP contribution in [0.1, 0.15) is 49.4 Å². The van der Waals surface area contributed by atoms with Gasteiger partial charge in [-0.2, -0.15) is 5.26 Å². The molecule has 0 bridgehead atoms. The van der Waals surface area contributed by atoms with Crippen LogP contribution in [0, 0.1) is 17.2 Å². The molecule has 6 heteroatoms. The summed E-state index contributed by atoms with van der Waals surface area (Å²) in [5.41, 5.74) is 2.61. The number of rotatable bonds is 5. The first-order valence-electron chi connectivity index (χ1n) is 10.2. The summed E-state index contributed by atoms with van der Waals surface area (Å²) in [7, 11) is 2.13. The average Bonchev–Trinajstić information content (AvgIpc) is 2.73. The molecule has 0 aromatic heterocycles. The third-order valence-electron chi connectivity index (χ3n) is 6.43. The predicted molar refractivity (Wildman–Crippen MR) is 127 cm³/mol. The van der Waals surface area contributed by atoms with Gasteiger partial charge in [-0.3, -0.25) is 4.79 Å². The number of benzene rings is 2. The van der Waals surface area contributed by atoms with Crippen molar-refractivity contribution in [3.63, 3.8) is 0 Å². The number of piperidine rings is 1. The van der Waals surface area contributed by atoms with E-state index in [-0.39, 0.29) is 23.3 Å². The molecule has 4 nitrogen and oxygen atoms in total. The SMILES string of the molecule is CC(NC(=O)C(C)C1(c2ccc(C#N)cc2)CCN(C)CC1)c1cc(Br)cc(Br)c1. The van der Waals surface area contributed by atoms with Crippen LogP contribution in [-0.2, 0) is 10.2 Å². The van der Waals surface area contributed by atoms with Crippen LogP contribution in [0.15, 0.2) is 51.4 Å². The molecule has 1 fully saturated rings. The fourth-order valence-corrected chi connectivity index (χ4v) is 5.69. The fourth-order valence-electron chi connectivity index (χ4n) is 4.36. The Hall–Kier alpha value is -1.68. The topological polar surface area (TPSA) is 56.1 Å². The van der Waals surface area contributed by atoms with Gasteiger partial charge in [-0.05, 0) is 81.4 Å². The number of carbonyl (C=O) groups is 1. The van der Waals surface area contributed by atoms with Crippen LogP contribution in [0.4, 0.5) is 0 Å². The van der Waals surface area contributed by atoms with Crippen molar-refractivity contribution in [3.8, 4) is 6.07 Å². The van der Waals surface area contributed by atoms with Crippen LogP contribution in [0.5, 0.6) is 0 Å². The van der Waals surface area contributed by atoms with Crippen molar-refractivity contribution < 1.29 is 4.79 Å². The Labute approximate surface area is 195 Å².